The van der Waals surface area contributed by atoms with Crippen molar-refractivity contribution in [3.05, 3.63) is 66.7 Å². The molecule has 8 nitrogen and oxygen atoms in total. The first-order valence-corrected chi connectivity index (χ1v) is 11.7. The Morgan fingerprint density at radius 3 is 2.72 bits per heavy atom. The molecule has 2 aliphatic heterocycles. The third-order valence-electron chi connectivity index (χ3n) is 5.44. The van der Waals surface area contributed by atoms with Gasteiger partial charge in [0.2, 0.25) is 0 Å². The second-order valence-corrected chi connectivity index (χ2v) is 9.72. The van der Waals surface area contributed by atoms with Gasteiger partial charge < -0.3 is 14.9 Å². The normalized spacial score (nSPS) is 11.9. The molecule has 9 heteroatoms. The summed E-state index contributed by atoms with van der Waals surface area (Å²) in [6, 6.07) is 12.1. The average molecular weight is 449 g/mol. The number of aryl methyl sites for hydroxylation is 1. The fourth-order valence-corrected chi connectivity index (χ4v) is 4.62. The largest absolute Gasteiger partial charge is 0.455 e. The number of nitrogens with one attached hydrogen (secondary N) is 1. The Hall–Kier alpha value is -3.85. The molecule has 0 unspecified atom stereocenters. The van der Waals surface area contributed by atoms with Crippen molar-refractivity contribution in [3.8, 4) is 34.0 Å². The summed E-state index contributed by atoms with van der Waals surface area (Å²) in [5, 5.41) is 11.2. The fourth-order valence-electron chi connectivity index (χ4n) is 3.71. The molecule has 162 valence electrons. The summed E-state index contributed by atoms with van der Waals surface area (Å²) in [6.07, 6.45) is 5.00. The number of aromatic nitrogens is 4. The highest BCUT2D eigenvalue weighted by atomic mass is 32.2. The van der Waals surface area contributed by atoms with Crippen LogP contribution in [-0.4, -0.2) is 39.1 Å². The molecule has 2 aliphatic rings. The van der Waals surface area contributed by atoms with E-state index in [0.29, 0.717) is 39.7 Å². The number of ether oxygens (including phenoxy) is 1. The van der Waals surface area contributed by atoms with E-state index in [0.717, 1.165) is 15.8 Å². The molecule has 0 fully saturated rings. The first-order chi connectivity index (χ1) is 15.4. The van der Waals surface area contributed by atoms with Crippen molar-refractivity contribution in [2.24, 2.45) is 0 Å². The van der Waals surface area contributed by atoms with Crippen LogP contribution in [0.1, 0.15) is 12.6 Å². The molecule has 2 aromatic heterocycles. The number of pyridine rings is 2. The quantitative estimate of drug-likeness (QED) is 0.378. The van der Waals surface area contributed by atoms with Gasteiger partial charge >= 0.3 is 0 Å². The molecule has 1 aromatic carbocycles. The van der Waals surface area contributed by atoms with Crippen LogP contribution in [0.25, 0.3) is 33.5 Å². The van der Waals surface area contributed by atoms with E-state index in [1.165, 1.54) is 0 Å². The highest BCUT2D eigenvalue weighted by Crippen LogP contribution is 2.41. The predicted octanol–water partition coefficient (Wildman–Crippen LogP) is 4.66. The zero-order valence-electron chi connectivity index (χ0n) is 17.4. The lowest BCUT2D eigenvalue weighted by molar-refractivity contribution is 0.180. The van der Waals surface area contributed by atoms with Crippen LogP contribution in [0.5, 0.6) is 11.5 Å². The van der Waals surface area contributed by atoms with Gasteiger partial charge in [-0.15, -0.1) is 0 Å². The van der Waals surface area contributed by atoms with Gasteiger partial charge in [0.25, 0.3) is 0 Å². The van der Waals surface area contributed by atoms with Crippen LogP contribution in [0.15, 0.2) is 66.0 Å². The average Bonchev–Trinajstić information content (AvgIpc) is 3.46. The van der Waals surface area contributed by atoms with Crippen LogP contribution >= 0.6 is 0 Å². The summed E-state index contributed by atoms with van der Waals surface area (Å²) < 4.78 is 32.4. The maximum atomic E-state index is 12.6. The van der Waals surface area contributed by atoms with Crippen molar-refractivity contribution >= 4 is 20.9 Å². The Balaban J connectivity index is 1.71. The SMILES string of the molecule is CCS(=O)(=O)c1ccc(Oc2cnc3[nH]ccc3c2)c(-c2cc(C)n(O)c3nccc2-3)c1. The van der Waals surface area contributed by atoms with Crippen LogP contribution in [0.4, 0.5) is 0 Å². The van der Waals surface area contributed by atoms with Gasteiger partial charge in [-0.25, -0.2) is 18.4 Å². The Morgan fingerprint density at radius 2 is 1.91 bits per heavy atom. The smallest absolute Gasteiger partial charge is 0.178 e. The Kier molecular flexibility index (Phi) is 4.63. The van der Waals surface area contributed by atoms with Crippen molar-refractivity contribution in [1.29, 1.82) is 0 Å². The van der Waals surface area contributed by atoms with E-state index in [1.54, 1.807) is 62.8 Å². The summed E-state index contributed by atoms with van der Waals surface area (Å²) in [7, 11) is -3.44. The van der Waals surface area contributed by atoms with Gasteiger partial charge in [-0.3, -0.25) is 0 Å². The van der Waals surface area contributed by atoms with Gasteiger partial charge in [-0.2, -0.15) is 4.73 Å². The van der Waals surface area contributed by atoms with Crippen LogP contribution in [-0.2, 0) is 9.84 Å². The van der Waals surface area contributed by atoms with E-state index in [-0.39, 0.29) is 10.6 Å². The lowest BCUT2D eigenvalue weighted by atomic mass is 9.99. The molecule has 0 saturated carbocycles. The molecular weight excluding hydrogens is 428 g/mol. The Morgan fingerprint density at radius 1 is 1.06 bits per heavy atom. The standard InChI is InChI=1S/C23H20N4O4S/c1-3-32(29,30)17-4-5-21(31-16-11-15-6-8-24-22(15)26-13-16)20(12-17)19-10-14(2)27(28)23-18(19)7-9-25-23/h4-13,28H,3H2,1-2H3,(H,24,26). The minimum atomic E-state index is -3.44. The Labute approximate surface area is 184 Å². The zero-order chi connectivity index (χ0) is 22.5. The van der Waals surface area contributed by atoms with Crippen molar-refractivity contribution in [3.63, 3.8) is 0 Å². The van der Waals surface area contributed by atoms with Gasteiger partial charge in [0.05, 0.1) is 22.5 Å². The molecule has 0 saturated heterocycles. The highest BCUT2D eigenvalue weighted by Gasteiger charge is 2.22. The number of aromatic amines is 1. The van der Waals surface area contributed by atoms with E-state index in [9.17, 15) is 13.6 Å². The van der Waals surface area contributed by atoms with Crippen LogP contribution in [0.2, 0.25) is 0 Å². The zero-order valence-corrected chi connectivity index (χ0v) is 18.2. The lowest BCUT2D eigenvalue weighted by Gasteiger charge is -2.18. The molecule has 3 aromatic rings. The maximum absolute atomic E-state index is 12.6. The van der Waals surface area contributed by atoms with Crippen molar-refractivity contribution in [2.45, 2.75) is 18.7 Å². The molecule has 0 amide bonds. The molecule has 2 N–H and O–H groups in total. The minimum absolute atomic E-state index is 0.0154. The number of hydrogen-bond donors (Lipinski definition) is 2. The Bertz CT molecular complexity index is 1540. The number of H-pyrrole nitrogens is 1. The first kappa shape index (κ1) is 20.1. The molecule has 0 bridgehead atoms. The third kappa shape index (κ3) is 3.27. The van der Waals surface area contributed by atoms with Crippen molar-refractivity contribution in [1.82, 2.24) is 19.7 Å². The second kappa shape index (κ2) is 7.38. The van der Waals surface area contributed by atoms with E-state index < -0.39 is 9.84 Å². The monoisotopic (exact) mass is 448 g/mol. The third-order valence-corrected chi connectivity index (χ3v) is 7.17. The number of benzene rings is 1. The van der Waals surface area contributed by atoms with Crippen LogP contribution in [0.3, 0.4) is 0 Å². The topological polar surface area (TPSA) is 110 Å². The number of rotatable bonds is 5. The maximum Gasteiger partial charge on any atom is 0.178 e. The predicted molar refractivity (Wildman–Crippen MR) is 120 cm³/mol. The molecule has 0 spiro atoms. The van der Waals surface area contributed by atoms with Crippen molar-refractivity contribution < 1.29 is 18.4 Å². The van der Waals surface area contributed by atoms with Crippen LogP contribution in [0, 0.1) is 6.92 Å². The summed E-state index contributed by atoms with van der Waals surface area (Å²) in [5.41, 5.74) is 3.26. The number of nitrogens with zero attached hydrogens (tertiary/aromatic N) is 3. The van der Waals surface area contributed by atoms with E-state index in [2.05, 4.69) is 15.0 Å². The van der Waals surface area contributed by atoms with Gasteiger partial charge in [0.15, 0.2) is 15.7 Å². The molecule has 5 rings (SSSR count). The van der Waals surface area contributed by atoms with Gasteiger partial charge in [-0.05, 0) is 55.0 Å². The number of hydrogen-bond acceptors (Lipinski definition) is 6. The van der Waals surface area contributed by atoms with Gasteiger partial charge in [0.1, 0.15) is 17.1 Å². The molecule has 0 aliphatic carbocycles. The van der Waals surface area contributed by atoms with E-state index in [4.69, 9.17) is 4.74 Å². The summed E-state index contributed by atoms with van der Waals surface area (Å²) in [5.74, 6) is 1.35. The molecule has 0 radical (unpaired) electrons. The highest BCUT2D eigenvalue weighted by molar-refractivity contribution is 7.91. The molecule has 0 atom stereocenters. The summed E-state index contributed by atoms with van der Waals surface area (Å²) >= 11 is 0. The lowest BCUT2D eigenvalue weighted by Crippen LogP contribution is -2.06. The molecule has 4 heterocycles. The first-order valence-electron chi connectivity index (χ1n) is 10.0. The van der Waals surface area contributed by atoms with E-state index >= 15 is 0 Å². The van der Waals surface area contributed by atoms with E-state index in [1.807, 2.05) is 12.1 Å². The van der Waals surface area contributed by atoms with Gasteiger partial charge in [-0.1, -0.05) is 6.92 Å². The van der Waals surface area contributed by atoms with Gasteiger partial charge in [0, 0.05) is 28.9 Å². The number of sulfone groups is 1. The van der Waals surface area contributed by atoms with Crippen molar-refractivity contribution in [2.75, 3.05) is 5.75 Å². The summed E-state index contributed by atoms with van der Waals surface area (Å²) in [4.78, 5) is 11.8. The van der Waals surface area contributed by atoms with Crippen LogP contribution < -0.4 is 4.74 Å². The number of fused-ring (bicyclic) bond motifs is 2. The molecular formula is C23H20N4O4S. The molecule has 32 heavy (non-hydrogen) atoms. The summed E-state index contributed by atoms with van der Waals surface area (Å²) in [6.45, 7) is 3.35. The fraction of sp³-hybridized carbons (Fsp3) is 0.130. The second-order valence-electron chi connectivity index (χ2n) is 7.44. The minimum Gasteiger partial charge on any atom is -0.455 e.